The molecule has 7 heteroatoms. The van der Waals surface area contributed by atoms with Crippen LogP contribution in [0, 0.1) is 11.8 Å². The Labute approximate surface area is 169 Å². The van der Waals surface area contributed by atoms with E-state index in [9.17, 15) is 22.8 Å². The number of piperidine rings is 1. The number of carbonyl (C=O) groups excluding carboxylic acids is 2. The molecular formula is C22H29F3N2O2. The van der Waals surface area contributed by atoms with E-state index in [0.717, 1.165) is 30.9 Å². The van der Waals surface area contributed by atoms with E-state index in [1.54, 1.807) is 6.07 Å². The summed E-state index contributed by atoms with van der Waals surface area (Å²) in [4.78, 5) is 26.2. The minimum absolute atomic E-state index is 0.0574. The summed E-state index contributed by atoms with van der Waals surface area (Å²) in [5.41, 5.74) is -0.304. The third-order valence-electron chi connectivity index (χ3n) is 6.06. The van der Waals surface area contributed by atoms with Crippen molar-refractivity contribution in [3.05, 3.63) is 35.4 Å². The summed E-state index contributed by atoms with van der Waals surface area (Å²) >= 11 is 0. The van der Waals surface area contributed by atoms with Gasteiger partial charge in [-0.2, -0.15) is 13.2 Å². The summed E-state index contributed by atoms with van der Waals surface area (Å²) in [7, 11) is 0. The average molecular weight is 410 g/mol. The fourth-order valence-electron chi connectivity index (χ4n) is 4.39. The van der Waals surface area contributed by atoms with Crippen LogP contribution in [0.4, 0.5) is 13.2 Å². The van der Waals surface area contributed by atoms with Crippen LogP contribution in [0.1, 0.15) is 62.5 Å². The summed E-state index contributed by atoms with van der Waals surface area (Å²) in [6.45, 7) is 0.991. The summed E-state index contributed by atoms with van der Waals surface area (Å²) in [6, 6.07) is 5.01. The maximum absolute atomic E-state index is 12.9. The van der Waals surface area contributed by atoms with Gasteiger partial charge in [-0.3, -0.25) is 9.59 Å². The molecule has 0 bridgehead atoms. The van der Waals surface area contributed by atoms with Crippen LogP contribution in [-0.4, -0.2) is 29.8 Å². The number of alkyl halides is 3. The standard InChI is InChI=1S/C22H29F3N2O2/c23-22(24,25)19-9-3-7-17(13-19)14-27-15-18(10-11-20(27)28)21(29)26-12-4-8-16-5-1-2-6-16/h3,7,9,13,16,18H,1-2,4-6,8,10-12,14-15H2,(H,26,29)/t18-/m0/s1. The maximum Gasteiger partial charge on any atom is 0.416 e. The molecule has 1 aliphatic heterocycles. The molecule has 2 fully saturated rings. The zero-order chi connectivity index (χ0) is 20.9. The molecule has 0 radical (unpaired) electrons. The number of amides is 2. The van der Waals surface area contributed by atoms with Crippen molar-refractivity contribution in [3.8, 4) is 0 Å². The summed E-state index contributed by atoms with van der Waals surface area (Å²) in [5, 5.41) is 2.98. The largest absolute Gasteiger partial charge is 0.416 e. The SMILES string of the molecule is O=C(NCCCC1CCCC1)[C@H]1CCC(=O)N(Cc2cccc(C(F)(F)F)c2)C1. The van der Waals surface area contributed by atoms with Gasteiger partial charge in [-0.25, -0.2) is 0 Å². The fraction of sp³-hybridized carbons (Fsp3) is 0.636. The lowest BCUT2D eigenvalue weighted by molar-refractivity contribution is -0.139. The van der Waals surface area contributed by atoms with E-state index in [1.165, 1.54) is 36.6 Å². The number of likely N-dealkylation sites (tertiary alicyclic amines) is 1. The maximum atomic E-state index is 12.9. The van der Waals surface area contributed by atoms with E-state index in [2.05, 4.69) is 5.32 Å². The quantitative estimate of drug-likeness (QED) is 0.672. The van der Waals surface area contributed by atoms with Gasteiger partial charge in [0, 0.05) is 26.1 Å². The minimum atomic E-state index is -4.41. The Bertz CT molecular complexity index is 714. The summed E-state index contributed by atoms with van der Waals surface area (Å²) in [6.07, 6.45) is 3.66. The van der Waals surface area contributed by atoms with Gasteiger partial charge in [0.15, 0.2) is 0 Å². The second-order valence-corrected chi connectivity index (χ2v) is 8.29. The lowest BCUT2D eigenvalue weighted by Gasteiger charge is -2.32. The molecule has 0 spiro atoms. The van der Waals surface area contributed by atoms with Crippen LogP contribution in [0.15, 0.2) is 24.3 Å². The van der Waals surface area contributed by atoms with Crippen LogP contribution in [0.3, 0.4) is 0 Å². The molecule has 0 aromatic heterocycles. The third-order valence-corrected chi connectivity index (χ3v) is 6.06. The first-order chi connectivity index (χ1) is 13.8. The van der Waals surface area contributed by atoms with Gasteiger partial charge in [-0.15, -0.1) is 0 Å². The van der Waals surface area contributed by atoms with E-state index in [-0.39, 0.29) is 37.2 Å². The van der Waals surface area contributed by atoms with Crippen LogP contribution in [0.25, 0.3) is 0 Å². The summed E-state index contributed by atoms with van der Waals surface area (Å²) < 4.78 is 38.7. The molecule has 3 rings (SSSR count). The Balaban J connectivity index is 1.49. The normalized spacial score (nSPS) is 20.9. The molecule has 1 N–H and O–H groups in total. The van der Waals surface area contributed by atoms with Gasteiger partial charge in [0.25, 0.3) is 0 Å². The van der Waals surface area contributed by atoms with Crippen LogP contribution in [0.2, 0.25) is 0 Å². The second-order valence-electron chi connectivity index (χ2n) is 8.29. The van der Waals surface area contributed by atoms with Crippen molar-refractivity contribution >= 4 is 11.8 Å². The first-order valence-electron chi connectivity index (χ1n) is 10.5. The van der Waals surface area contributed by atoms with Gasteiger partial charge < -0.3 is 10.2 Å². The topological polar surface area (TPSA) is 49.4 Å². The highest BCUT2D eigenvalue weighted by molar-refractivity contribution is 5.83. The van der Waals surface area contributed by atoms with Gasteiger partial charge >= 0.3 is 6.18 Å². The van der Waals surface area contributed by atoms with Crippen molar-refractivity contribution < 1.29 is 22.8 Å². The molecule has 0 unspecified atom stereocenters. The number of hydrogen-bond donors (Lipinski definition) is 1. The van der Waals surface area contributed by atoms with E-state index in [1.807, 2.05) is 0 Å². The monoisotopic (exact) mass is 410 g/mol. The highest BCUT2D eigenvalue weighted by Crippen LogP contribution is 2.30. The number of nitrogens with zero attached hydrogens (tertiary/aromatic N) is 1. The Hall–Kier alpha value is -2.05. The molecule has 1 heterocycles. The first-order valence-corrected chi connectivity index (χ1v) is 10.5. The smallest absolute Gasteiger partial charge is 0.356 e. The molecule has 1 aliphatic carbocycles. The average Bonchev–Trinajstić information content (AvgIpc) is 3.20. The van der Waals surface area contributed by atoms with Crippen LogP contribution in [0.5, 0.6) is 0 Å². The molecule has 1 atom stereocenters. The van der Waals surface area contributed by atoms with Crippen molar-refractivity contribution in [1.29, 1.82) is 0 Å². The molecule has 2 aliphatic rings. The Kier molecular flexibility index (Phi) is 7.19. The number of rotatable bonds is 7. The van der Waals surface area contributed by atoms with Gasteiger partial charge in [0.05, 0.1) is 11.5 Å². The lowest BCUT2D eigenvalue weighted by atomic mass is 9.95. The van der Waals surface area contributed by atoms with E-state index in [0.29, 0.717) is 18.5 Å². The van der Waals surface area contributed by atoms with Gasteiger partial charge in [0.2, 0.25) is 11.8 Å². The van der Waals surface area contributed by atoms with Crippen LogP contribution >= 0.6 is 0 Å². The molecule has 4 nitrogen and oxygen atoms in total. The van der Waals surface area contributed by atoms with Gasteiger partial charge in [-0.1, -0.05) is 37.8 Å². The van der Waals surface area contributed by atoms with Crippen molar-refractivity contribution in [2.75, 3.05) is 13.1 Å². The van der Waals surface area contributed by atoms with Crippen molar-refractivity contribution in [1.82, 2.24) is 10.2 Å². The predicted octanol–water partition coefficient (Wildman–Crippen LogP) is 4.53. The Morgan fingerprint density at radius 1 is 1.17 bits per heavy atom. The molecular weight excluding hydrogens is 381 g/mol. The third kappa shape index (κ3) is 6.21. The molecule has 29 heavy (non-hydrogen) atoms. The number of hydrogen-bond acceptors (Lipinski definition) is 2. The van der Waals surface area contributed by atoms with Crippen molar-refractivity contribution in [3.63, 3.8) is 0 Å². The van der Waals surface area contributed by atoms with E-state index < -0.39 is 11.7 Å². The number of nitrogens with one attached hydrogen (secondary N) is 1. The van der Waals surface area contributed by atoms with E-state index >= 15 is 0 Å². The Morgan fingerprint density at radius 3 is 2.66 bits per heavy atom. The fourth-order valence-corrected chi connectivity index (χ4v) is 4.39. The first kappa shape index (κ1) is 21.7. The minimum Gasteiger partial charge on any atom is -0.356 e. The molecule has 1 aromatic carbocycles. The summed E-state index contributed by atoms with van der Waals surface area (Å²) in [5.74, 6) is 0.317. The molecule has 1 aromatic rings. The number of halogens is 3. The highest BCUT2D eigenvalue weighted by atomic mass is 19.4. The zero-order valence-electron chi connectivity index (χ0n) is 16.6. The highest BCUT2D eigenvalue weighted by Gasteiger charge is 2.32. The second kappa shape index (κ2) is 9.63. The predicted molar refractivity (Wildman–Crippen MR) is 104 cm³/mol. The zero-order valence-corrected chi connectivity index (χ0v) is 16.6. The lowest BCUT2D eigenvalue weighted by Crippen LogP contribution is -2.45. The van der Waals surface area contributed by atoms with Crippen molar-refractivity contribution in [2.24, 2.45) is 11.8 Å². The van der Waals surface area contributed by atoms with Gasteiger partial charge in [-0.05, 0) is 42.9 Å². The molecule has 1 saturated carbocycles. The van der Waals surface area contributed by atoms with Gasteiger partial charge in [0.1, 0.15) is 0 Å². The van der Waals surface area contributed by atoms with Crippen LogP contribution < -0.4 is 5.32 Å². The molecule has 2 amide bonds. The van der Waals surface area contributed by atoms with E-state index in [4.69, 9.17) is 0 Å². The van der Waals surface area contributed by atoms with Crippen LogP contribution in [-0.2, 0) is 22.3 Å². The Morgan fingerprint density at radius 2 is 1.93 bits per heavy atom. The molecule has 160 valence electrons. The van der Waals surface area contributed by atoms with Crippen molar-refractivity contribution in [2.45, 2.75) is 64.1 Å². The molecule has 1 saturated heterocycles. The number of benzene rings is 1. The number of carbonyl (C=O) groups is 2.